The van der Waals surface area contributed by atoms with Gasteiger partial charge in [-0.1, -0.05) is 82.5 Å². The average Bonchev–Trinajstić information content (AvgIpc) is 2.24. The molecule has 0 aliphatic carbocycles. The minimum atomic E-state index is -1.66. The topological polar surface area (TPSA) is 9.23 Å². The Labute approximate surface area is 135 Å². The van der Waals surface area contributed by atoms with E-state index in [1.165, 1.54) is 19.3 Å². The van der Waals surface area contributed by atoms with Gasteiger partial charge in [0, 0.05) is 0 Å². The van der Waals surface area contributed by atoms with Gasteiger partial charge in [-0.2, -0.15) is 0 Å². The van der Waals surface area contributed by atoms with Crippen LogP contribution in [0.3, 0.4) is 0 Å². The summed E-state index contributed by atoms with van der Waals surface area (Å²) < 4.78 is 8.65. The minimum Gasteiger partial charge on any atom is -0.411 e. The SMILES string of the molecule is CCCC[C@H](C)CC(/C=C/I)O[Si](C)(C)C(C)(C)C. The molecule has 0 spiro atoms. The summed E-state index contributed by atoms with van der Waals surface area (Å²) in [4.78, 5) is 0. The maximum absolute atomic E-state index is 6.54. The maximum Gasteiger partial charge on any atom is 0.192 e. The van der Waals surface area contributed by atoms with Gasteiger partial charge in [-0.15, -0.1) is 0 Å². The van der Waals surface area contributed by atoms with E-state index in [9.17, 15) is 0 Å². The standard InChI is InChI=1S/C16H33IOSi/c1-8-9-10-14(2)13-15(11-12-17)18-19(6,7)16(3,4)5/h11-12,14-15H,8-10,13H2,1-7H3/b12-11+/t14-,15?/m0/s1. The van der Waals surface area contributed by atoms with Crippen LogP contribution >= 0.6 is 22.6 Å². The van der Waals surface area contributed by atoms with E-state index in [2.05, 4.69) is 80.5 Å². The highest BCUT2D eigenvalue weighted by atomic mass is 127. The molecule has 0 saturated heterocycles. The Morgan fingerprint density at radius 2 is 1.84 bits per heavy atom. The van der Waals surface area contributed by atoms with Crippen molar-refractivity contribution >= 4 is 30.9 Å². The fraction of sp³-hybridized carbons (Fsp3) is 0.875. The zero-order chi connectivity index (χ0) is 15.1. The molecule has 0 aromatic heterocycles. The smallest absolute Gasteiger partial charge is 0.192 e. The Morgan fingerprint density at radius 3 is 2.26 bits per heavy atom. The quantitative estimate of drug-likeness (QED) is 0.334. The van der Waals surface area contributed by atoms with Crippen molar-refractivity contribution in [2.45, 2.75) is 84.5 Å². The Kier molecular flexibility index (Phi) is 9.13. The molecule has 0 aromatic carbocycles. The van der Waals surface area contributed by atoms with Gasteiger partial charge in [-0.25, -0.2) is 0 Å². The van der Waals surface area contributed by atoms with Crippen LogP contribution in [0.5, 0.6) is 0 Å². The maximum atomic E-state index is 6.54. The molecule has 114 valence electrons. The molecule has 0 bridgehead atoms. The fourth-order valence-electron chi connectivity index (χ4n) is 1.87. The molecule has 2 atom stereocenters. The number of hydrogen-bond donors (Lipinski definition) is 0. The predicted octanol–water partition coefficient (Wildman–Crippen LogP) is 6.54. The van der Waals surface area contributed by atoms with Gasteiger partial charge in [0.15, 0.2) is 8.32 Å². The third-order valence-corrected chi connectivity index (χ3v) is 9.14. The lowest BCUT2D eigenvalue weighted by Crippen LogP contribution is -2.43. The lowest BCUT2D eigenvalue weighted by molar-refractivity contribution is 0.191. The van der Waals surface area contributed by atoms with Crippen LogP contribution in [-0.2, 0) is 4.43 Å². The van der Waals surface area contributed by atoms with Crippen molar-refractivity contribution in [2.24, 2.45) is 5.92 Å². The Balaban J connectivity index is 4.58. The van der Waals surface area contributed by atoms with E-state index in [1.807, 2.05) is 0 Å². The fourth-order valence-corrected chi connectivity index (χ4v) is 3.62. The second-order valence-corrected chi connectivity index (χ2v) is 12.7. The molecule has 0 aliphatic rings. The van der Waals surface area contributed by atoms with Gasteiger partial charge < -0.3 is 4.43 Å². The molecule has 0 rings (SSSR count). The van der Waals surface area contributed by atoms with Crippen LogP contribution in [0, 0.1) is 5.92 Å². The van der Waals surface area contributed by atoms with Crippen LogP contribution in [0.1, 0.15) is 60.3 Å². The van der Waals surface area contributed by atoms with Crippen LogP contribution in [0.25, 0.3) is 0 Å². The van der Waals surface area contributed by atoms with E-state index in [4.69, 9.17) is 4.43 Å². The lowest BCUT2D eigenvalue weighted by Gasteiger charge is -2.39. The lowest BCUT2D eigenvalue weighted by atomic mass is 9.98. The monoisotopic (exact) mass is 396 g/mol. The Morgan fingerprint density at radius 1 is 1.26 bits per heavy atom. The third-order valence-electron chi connectivity index (χ3n) is 4.22. The molecule has 19 heavy (non-hydrogen) atoms. The molecule has 1 nitrogen and oxygen atoms in total. The summed E-state index contributed by atoms with van der Waals surface area (Å²) in [6, 6.07) is 0. The van der Waals surface area contributed by atoms with Crippen LogP contribution in [-0.4, -0.2) is 14.4 Å². The molecule has 0 heterocycles. The average molecular weight is 396 g/mol. The van der Waals surface area contributed by atoms with E-state index in [1.54, 1.807) is 0 Å². The first-order valence-corrected chi connectivity index (χ1v) is 11.7. The molecule has 3 heteroatoms. The van der Waals surface area contributed by atoms with Crippen LogP contribution in [0.4, 0.5) is 0 Å². The summed E-state index contributed by atoms with van der Waals surface area (Å²) in [5, 5.41) is 0.289. The summed E-state index contributed by atoms with van der Waals surface area (Å²) in [7, 11) is -1.66. The molecular formula is C16H33IOSi. The van der Waals surface area contributed by atoms with Crippen molar-refractivity contribution < 1.29 is 4.43 Å². The number of hydrogen-bond acceptors (Lipinski definition) is 1. The first-order valence-electron chi connectivity index (χ1n) is 7.58. The second-order valence-electron chi connectivity index (χ2n) is 7.22. The summed E-state index contributed by atoms with van der Waals surface area (Å²) in [5.41, 5.74) is 0. The van der Waals surface area contributed by atoms with Crippen molar-refractivity contribution in [3.63, 3.8) is 0 Å². The summed E-state index contributed by atoms with van der Waals surface area (Å²) in [5.74, 6) is 0.752. The molecule has 0 saturated carbocycles. The van der Waals surface area contributed by atoms with Gasteiger partial charge in [0.1, 0.15) is 0 Å². The van der Waals surface area contributed by atoms with Crippen LogP contribution in [0.2, 0.25) is 18.1 Å². The van der Waals surface area contributed by atoms with Crippen LogP contribution in [0.15, 0.2) is 10.2 Å². The van der Waals surface area contributed by atoms with E-state index in [-0.39, 0.29) is 5.04 Å². The Bertz CT molecular complexity index is 268. The largest absolute Gasteiger partial charge is 0.411 e. The van der Waals surface area contributed by atoms with E-state index >= 15 is 0 Å². The molecule has 0 N–H and O–H groups in total. The van der Waals surface area contributed by atoms with Crippen molar-refractivity contribution in [1.82, 2.24) is 0 Å². The van der Waals surface area contributed by atoms with Crippen molar-refractivity contribution in [3.05, 3.63) is 10.2 Å². The van der Waals surface area contributed by atoms with Gasteiger partial charge in [0.05, 0.1) is 6.10 Å². The van der Waals surface area contributed by atoms with Crippen molar-refractivity contribution in [3.8, 4) is 0 Å². The van der Waals surface area contributed by atoms with E-state index in [0.717, 1.165) is 12.3 Å². The molecule has 0 radical (unpaired) electrons. The first-order chi connectivity index (χ1) is 8.64. The zero-order valence-corrected chi connectivity index (χ0v) is 17.1. The first kappa shape index (κ1) is 19.6. The van der Waals surface area contributed by atoms with E-state index in [0.29, 0.717) is 6.10 Å². The normalized spacial score (nSPS) is 16.8. The summed E-state index contributed by atoms with van der Waals surface area (Å²) >= 11 is 2.31. The second kappa shape index (κ2) is 8.83. The highest BCUT2D eigenvalue weighted by Gasteiger charge is 2.38. The summed E-state index contributed by atoms with van der Waals surface area (Å²) in [6.45, 7) is 16.2. The summed E-state index contributed by atoms with van der Waals surface area (Å²) in [6.07, 6.45) is 7.64. The molecular weight excluding hydrogens is 363 g/mol. The highest BCUT2D eigenvalue weighted by Crippen LogP contribution is 2.38. The number of unbranched alkanes of at least 4 members (excludes halogenated alkanes) is 1. The molecule has 0 fully saturated rings. The minimum absolute atomic E-state index is 0.289. The molecule has 0 aliphatic heterocycles. The highest BCUT2D eigenvalue weighted by molar-refractivity contribution is 14.1. The van der Waals surface area contributed by atoms with Crippen molar-refractivity contribution in [2.75, 3.05) is 0 Å². The van der Waals surface area contributed by atoms with Gasteiger partial charge in [-0.3, -0.25) is 0 Å². The van der Waals surface area contributed by atoms with Gasteiger partial charge in [0.2, 0.25) is 0 Å². The molecule has 0 aromatic rings. The van der Waals surface area contributed by atoms with Gasteiger partial charge in [0.25, 0.3) is 0 Å². The van der Waals surface area contributed by atoms with Gasteiger partial charge in [-0.05, 0) is 34.6 Å². The van der Waals surface area contributed by atoms with Gasteiger partial charge >= 0.3 is 0 Å². The molecule has 1 unspecified atom stereocenters. The third kappa shape index (κ3) is 7.86. The number of halogens is 1. The molecule has 0 amide bonds. The predicted molar refractivity (Wildman–Crippen MR) is 98.5 cm³/mol. The van der Waals surface area contributed by atoms with Crippen LogP contribution < -0.4 is 0 Å². The Hall–Kier alpha value is 0.647. The van der Waals surface area contributed by atoms with E-state index < -0.39 is 8.32 Å². The zero-order valence-electron chi connectivity index (χ0n) is 13.9. The number of rotatable bonds is 8. The van der Waals surface area contributed by atoms with Crippen molar-refractivity contribution in [1.29, 1.82) is 0 Å².